The highest BCUT2D eigenvalue weighted by molar-refractivity contribution is 5.72. The molecule has 1 unspecified atom stereocenters. The molecule has 0 spiro atoms. The van der Waals surface area contributed by atoms with Crippen molar-refractivity contribution in [3.63, 3.8) is 0 Å². The molecule has 6 heteroatoms. The number of esters is 1. The molecule has 2 aliphatic heterocycles. The van der Waals surface area contributed by atoms with E-state index in [0.717, 1.165) is 5.56 Å². The molecular weight excluding hydrogens is 312 g/mol. The number of hydrogen-bond acceptors (Lipinski definition) is 6. The third kappa shape index (κ3) is 2.81. The Labute approximate surface area is 139 Å². The number of rotatable bonds is 3. The molecule has 0 aromatic heterocycles. The normalized spacial score (nSPS) is 36.1. The Balaban J connectivity index is 1.42. The first kappa shape index (κ1) is 15.6. The summed E-state index contributed by atoms with van der Waals surface area (Å²) in [6.45, 7) is 0.380. The van der Waals surface area contributed by atoms with E-state index in [-0.39, 0.29) is 23.9 Å². The zero-order valence-electron chi connectivity index (χ0n) is 13.1. The van der Waals surface area contributed by atoms with Crippen molar-refractivity contribution in [2.45, 2.75) is 44.1 Å². The highest BCUT2D eigenvalue weighted by Crippen LogP contribution is 2.42. The van der Waals surface area contributed by atoms with Gasteiger partial charge >= 0.3 is 5.97 Å². The van der Waals surface area contributed by atoms with Gasteiger partial charge in [-0.25, -0.2) is 0 Å². The van der Waals surface area contributed by atoms with E-state index in [2.05, 4.69) is 0 Å². The predicted octanol–water partition coefficient (Wildman–Crippen LogP) is 1.15. The summed E-state index contributed by atoms with van der Waals surface area (Å²) in [4.78, 5) is 11.4. The molecule has 4 rings (SSSR count). The van der Waals surface area contributed by atoms with Crippen LogP contribution >= 0.6 is 0 Å². The second kappa shape index (κ2) is 6.20. The lowest BCUT2D eigenvalue weighted by molar-refractivity contribution is -0.152. The number of hydrogen-bond donors (Lipinski definition) is 2. The van der Waals surface area contributed by atoms with Crippen molar-refractivity contribution in [2.24, 2.45) is 11.8 Å². The van der Waals surface area contributed by atoms with Crippen molar-refractivity contribution in [1.82, 2.24) is 0 Å². The molecule has 2 heterocycles. The van der Waals surface area contributed by atoms with Gasteiger partial charge in [-0.1, -0.05) is 30.4 Å². The van der Waals surface area contributed by atoms with Crippen LogP contribution in [0.15, 0.2) is 36.4 Å². The number of aliphatic hydroxyl groups excluding tert-OH is 2. The van der Waals surface area contributed by atoms with E-state index < -0.39 is 18.5 Å². The van der Waals surface area contributed by atoms with Gasteiger partial charge in [0.15, 0.2) is 0 Å². The molecule has 1 saturated heterocycles. The quantitative estimate of drug-likeness (QED) is 0.638. The van der Waals surface area contributed by atoms with Gasteiger partial charge in [0.25, 0.3) is 0 Å². The van der Waals surface area contributed by atoms with Crippen LogP contribution in [-0.2, 0) is 20.9 Å². The Morgan fingerprint density at radius 3 is 2.96 bits per heavy atom. The number of benzene rings is 1. The molecule has 24 heavy (non-hydrogen) atoms. The van der Waals surface area contributed by atoms with Crippen LogP contribution < -0.4 is 4.74 Å². The zero-order chi connectivity index (χ0) is 16.7. The summed E-state index contributed by atoms with van der Waals surface area (Å²) in [5, 5.41) is 20.5. The maximum atomic E-state index is 11.4. The van der Waals surface area contributed by atoms with Crippen LogP contribution in [0.4, 0.5) is 0 Å². The fourth-order valence-corrected chi connectivity index (χ4v) is 3.76. The van der Waals surface area contributed by atoms with Crippen LogP contribution in [0, 0.1) is 11.8 Å². The first-order chi connectivity index (χ1) is 11.6. The molecule has 0 amide bonds. The van der Waals surface area contributed by atoms with Crippen molar-refractivity contribution in [3.8, 4) is 5.75 Å². The van der Waals surface area contributed by atoms with Crippen molar-refractivity contribution < 1.29 is 29.2 Å². The van der Waals surface area contributed by atoms with Gasteiger partial charge in [-0.05, 0) is 6.07 Å². The molecule has 6 atom stereocenters. The van der Waals surface area contributed by atoms with E-state index in [9.17, 15) is 15.0 Å². The van der Waals surface area contributed by atoms with Crippen molar-refractivity contribution in [3.05, 3.63) is 42.0 Å². The molecule has 1 aromatic carbocycles. The van der Waals surface area contributed by atoms with E-state index in [0.29, 0.717) is 25.2 Å². The maximum Gasteiger partial charge on any atom is 0.306 e. The van der Waals surface area contributed by atoms with Gasteiger partial charge < -0.3 is 24.4 Å². The topological polar surface area (TPSA) is 85.2 Å². The van der Waals surface area contributed by atoms with Gasteiger partial charge in [0.1, 0.15) is 18.0 Å². The SMILES string of the molecule is O=C1C[C@@H]2[C@@H](C=C[C@H](O)C3OCc4ccccc4O3)[C@H](O)C[C@@H]2O1. The van der Waals surface area contributed by atoms with Gasteiger partial charge in [-0.15, -0.1) is 0 Å². The van der Waals surface area contributed by atoms with Crippen LogP contribution in [0.25, 0.3) is 0 Å². The van der Waals surface area contributed by atoms with E-state index >= 15 is 0 Å². The lowest BCUT2D eigenvalue weighted by Crippen LogP contribution is -2.36. The molecule has 1 aliphatic carbocycles. The summed E-state index contributed by atoms with van der Waals surface area (Å²) < 4.78 is 16.4. The van der Waals surface area contributed by atoms with Crippen molar-refractivity contribution in [2.75, 3.05) is 0 Å². The maximum absolute atomic E-state index is 11.4. The average Bonchev–Trinajstić information content (AvgIpc) is 3.07. The fraction of sp³-hybridized carbons (Fsp3) is 0.500. The lowest BCUT2D eigenvalue weighted by Gasteiger charge is -2.28. The third-order valence-corrected chi connectivity index (χ3v) is 5.00. The summed E-state index contributed by atoms with van der Waals surface area (Å²) in [7, 11) is 0. The van der Waals surface area contributed by atoms with Crippen LogP contribution in [0.5, 0.6) is 5.75 Å². The molecule has 6 nitrogen and oxygen atoms in total. The number of fused-ring (bicyclic) bond motifs is 2. The summed E-state index contributed by atoms with van der Waals surface area (Å²) in [6.07, 6.45) is 1.59. The Morgan fingerprint density at radius 2 is 2.08 bits per heavy atom. The van der Waals surface area contributed by atoms with E-state index in [1.165, 1.54) is 0 Å². The van der Waals surface area contributed by atoms with Crippen LogP contribution in [0.3, 0.4) is 0 Å². The average molecular weight is 332 g/mol. The third-order valence-electron chi connectivity index (χ3n) is 5.00. The second-order valence-corrected chi connectivity index (χ2v) is 6.56. The summed E-state index contributed by atoms with van der Waals surface area (Å²) in [5.41, 5.74) is 0.945. The Hall–Kier alpha value is -1.89. The monoisotopic (exact) mass is 332 g/mol. The number of aliphatic hydroxyl groups is 2. The first-order valence-corrected chi connectivity index (χ1v) is 8.22. The molecule has 1 saturated carbocycles. The standard InChI is InChI=1S/C18H20O6/c19-13(18-22-9-10-3-1-2-4-15(10)24-18)6-5-11-12-7-17(21)23-16(12)8-14(11)20/h1-6,11-14,16,18-20H,7-9H2/t11-,12-,13+,14-,16+,18?/m1/s1. The number of carbonyl (C=O) groups is 1. The summed E-state index contributed by atoms with van der Waals surface area (Å²) in [6, 6.07) is 7.54. The van der Waals surface area contributed by atoms with Gasteiger partial charge in [0.05, 0.1) is 19.1 Å². The molecule has 1 aromatic rings. The van der Waals surface area contributed by atoms with Crippen molar-refractivity contribution in [1.29, 1.82) is 0 Å². The molecule has 2 N–H and O–H groups in total. The summed E-state index contributed by atoms with van der Waals surface area (Å²) >= 11 is 0. The zero-order valence-corrected chi connectivity index (χ0v) is 13.1. The number of carbonyl (C=O) groups excluding carboxylic acids is 1. The highest BCUT2D eigenvalue weighted by Gasteiger charge is 2.48. The van der Waals surface area contributed by atoms with Crippen LogP contribution in [0.1, 0.15) is 18.4 Å². The van der Waals surface area contributed by atoms with Crippen molar-refractivity contribution >= 4 is 5.97 Å². The largest absolute Gasteiger partial charge is 0.462 e. The first-order valence-electron chi connectivity index (χ1n) is 8.22. The molecule has 2 fully saturated rings. The Morgan fingerprint density at radius 1 is 1.25 bits per heavy atom. The highest BCUT2D eigenvalue weighted by atomic mass is 16.7. The van der Waals surface area contributed by atoms with E-state index in [1.54, 1.807) is 12.2 Å². The fourth-order valence-electron chi connectivity index (χ4n) is 3.76. The number of para-hydroxylation sites is 1. The van der Waals surface area contributed by atoms with E-state index in [4.69, 9.17) is 14.2 Å². The molecule has 0 radical (unpaired) electrons. The van der Waals surface area contributed by atoms with Gasteiger partial charge in [0, 0.05) is 23.8 Å². The minimum absolute atomic E-state index is 0.0233. The van der Waals surface area contributed by atoms with Gasteiger partial charge in [-0.3, -0.25) is 4.79 Å². The van der Waals surface area contributed by atoms with Crippen LogP contribution in [-0.4, -0.2) is 40.8 Å². The molecule has 0 bridgehead atoms. The minimum atomic E-state index is -0.956. The Bertz CT molecular complexity index is 657. The smallest absolute Gasteiger partial charge is 0.306 e. The van der Waals surface area contributed by atoms with E-state index in [1.807, 2.05) is 24.3 Å². The Kier molecular flexibility index (Phi) is 4.04. The second-order valence-electron chi connectivity index (χ2n) is 6.56. The lowest BCUT2D eigenvalue weighted by atomic mass is 9.91. The van der Waals surface area contributed by atoms with Gasteiger partial charge in [0.2, 0.25) is 6.29 Å². The minimum Gasteiger partial charge on any atom is -0.462 e. The molecule has 3 aliphatic rings. The molecule has 128 valence electrons. The predicted molar refractivity (Wildman–Crippen MR) is 82.9 cm³/mol. The number of ether oxygens (including phenoxy) is 3. The molecular formula is C18H20O6. The van der Waals surface area contributed by atoms with Gasteiger partial charge in [-0.2, -0.15) is 0 Å². The van der Waals surface area contributed by atoms with Crippen LogP contribution in [0.2, 0.25) is 0 Å². The summed E-state index contributed by atoms with van der Waals surface area (Å²) in [5.74, 6) is 0.264.